The first-order chi connectivity index (χ1) is 6.52. The second-order valence-corrected chi connectivity index (χ2v) is 3.07. The van der Waals surface area contributed by atoms with Crippen LogP contribution in [0.3, 0.4) is 0 Å². The van der Waals surface area contributed by atoms with Crippen molar-refractivity contribution in [2.24, 2.45) is 0 Å². The van der Waals surface area contributed by atoms with E-state index >= 15 is 0 Å². The topological polar surface area (TPSA) is 46.9 Å². The maximum atomic E-state index is 12.3. The predicted molar refractivity (Wildman–Crippen MR) is 46.1 cm³/mol. The molecule has 0 atom stereocenters. The molecule has 4 nitrogen and oxygen atoms in total. The predicted octanol–water partition coefficient (Wildman–Crippen LogP) is 1.42. The zero-order chi connectivity index (χ0) is 10.7. The second kappa shape index (κ2) is 4.17. The molecule has 0 spiro atoms. The van der Waals surface area contributed by atoms with Crippen LogP contribution >= 0.6 is 0 Å². The fraction of sp³-hybridized carbons (Fsp3) is 0.500. The van der Waals surface area contributed by atoms with Gasteiger partial charge in [-0.05, 0) is 19.9 Å². The largest absolute Gasteiger partial charge is 0.349 e. The molecule has 0 unspecified atom stereocenters. The number of halogens is 2. The van der Waals surface area contributed by atoms with Crippen LogP contribution in [0.15, 0.2) is 12.3 Å². The Morgan fingerprint density at radius 1 is 1.57 bits per heavy atom. The Bertz CT molecular complexity index is 322. The van der Waals surface area contributed by atoms with Crippen molar-refractivity contribution in [2.75, 3.05) is 0 Å². The van der Waals surface area contributed by atoms with Crippen molar-refractivity contribution in [3.63, 3.8) is 0 Å². The summed E-state index contributed by atoms with van der Waals surface area (Å²) in [5.41, 5.74) is -0.131. The van der Waals surface area contributed by atoms with Gasteiger partial charge in [0.2, 0.25) is 0 Å². The number of aromatic nitrogens is 2. The van der Waals surface area contributed by atoms with E-state index < -0.39 is 12.5 Å². The van der Waals surface area contributed by atoms with Gasteiger partial charge in [0.1, 0.15) is 5.69 Å². The minimum Gasteiger partial charge on any atom is -0.349 e. The first-order valence-electron chi connectivity index (χ1n) is 4.15. The molecule has 0 saturated heterocycles. The van der Waals surface area contributed by atoms with E-state index in [0.717, 1.165) is 0 Å². The summed E-state index contributed by atoms with van der Waals surface area (Å²) >= 11 is 0. The third-order valence-corrected chi connectivity index (χ3v) is 1.51. The zero-order valence-corrected chi connectivity index (χ0v) is 7.87. The molecule has 0 aliphatic rings. The molecule has 1 amide bonds. The summed E-state index contributed by atoms with van der Waals surface area (Å²) in [6, 6.07) is 1.16. The summed E-state index contributed by atoms with van der Waals surface area (Å²) in [6.07, 6.45) is 1.17. The van der Waals surface area contributed by atoms with Gasteiger partial charge in [-0.3, -0.25) is 4.79 Å². The molecular weight excluding hydrogens is 192 g/mol. The Balaban J connectivity index is 2.84. The Labute approximate surface area is 79.9 Å². The number of hydrogen-bond acceptors (Lipinski definition) is 2. The van der Waals surface area contributed by atoms with Crippen molar-refractivity contribution in [3.05, 3.63) is 18.0 Å². The molecule has 1 aromatic heterocycles. The molecule has 0 saturated carbocycles. The number of carbonyl (C=O) groups excluding carboxylic acids is 1. The van der Waals surface area contributed by atoms with E-state index in [1.54, 1.807) is 13.8 Å². The van der Waals surface area contributed by atoms with Gasteiger partial charge in [-0.1, -0.05) is 0 Å². The lowest BCUT2D eigenvalue weighted by Gasteiger charge is -2.09. The fourth-order valence-corrected chi connectivity index (χ4v) is 0.986. The summed E-state index contributed by atoms with van der Waals surface area (Å²) in [7, 11) is 0. The first-order valence-corrected chi connectivity index (χ1v) is 4.15. The van der Waals surface area contributed by atoms with E-state index in [1.165, 1.54) is 12.3 Å². The van der Waals surface area contributed by atoms with E-state index in [1.807, 2.05) is 0 Å². The van der Waals surface area contributed by atoms with Crippen molar-refractivity contribution in [3.8, 4) is 0 Å². The normalized spacial score (nSPS) is 11.0. The molecule has 0 aliphatic carbocycles. The average Bonchev–Trinajstić information content (AvgIpc) is 2.49. The lowest BCUT2D eigenvalue weighted by Crippen LogP contribution is -2.32. The third-order valence-electron chi connectivity index (χ3n) is 1.51. The maximum absolute atomic E-state index is 12.3. The van der Waals surface area contributed by atoms with Gasteiger partial charge < -0.3 is 5.32 Å². The van der Waals surface area contributed by atoms with Gasteiger partial charge in [0.25, 0.3) is 5.91 Å². The Hall–Kier alpha value is -1.46. The monoisotopic (exact) mass is 203 g/mol. The summed E-state index contributed by atoms with van der Waals surface area (Å²) in [4.78, 5) is 11.3. The zero-order valence-electron chi connectivity index (χ0n) is 7.87. The van der Waals surface area contributed by atoms with Crippen LogP contribution in [0, 0.1) is 0 Å². The molecule has 0 bridgehead atoms. The number of carbonyl (C=O) groups is 1. The van der Waals surface area contributed by atoms with Crippen LogP contribution < -0.4 is 5.32 Å². The van der Waals surface area contributed by atoms with Crippen molar-refractivity contribution in [1.29, 1.82) is 0 Å². The molecular formula is C8H11F2N3O. The molecule has 1 rings (SSSR count). The number of nitrogens with one attached hydrogen (secondary N) is 1. The smallest absolute Gasteiger partial charge is 0.333 e. The van der Waals surface area contributed by atoms with Crippen LogP contribution in [-0.2, 0) is 0 Å². The lowest BCUT2D eigenvalue weighted by molar-refractivity contribution is 0.0508. The highest BCUT2D eigenvalue weighted by atomic mass is 19.3. The summed E-state index contributed by atoms with van der Waals surface area (Å²) in [5, 5.41) is 5.86. The Morgan fingerprint density at radius 2 is 2.21 bits per heavy atom. The summed E-state index contributed by atoms with van der Waals surface area (Å²) in [6.45, 7) is 0.708. The maximum Gasteiger partial charge on any atom is 0.333 e. The van der Waals surface area contributed by atoms with Crippen molar-refractivity contribution < 1.29 is 13.6 Å². The number of hydrogen-bond donors (Lipinski definition) is 1. The van der Waals surface area contributed by atoms with Crippen LogP contribution in [-0.4, -0.2) is 21.7 Å². The van der Waals surface area contributed by atoms with Crippen LogP contribution in [0.25, 0.3) is 0 Å². The molecule has 0 radical (unpaired) electrons. The third kappa shape index (κ3) is 2.27. The first kappa shape index (κ1) is 10.6. The number of alkyl halides is 2. The number of rotatable bonds is 3. The highest BCUT2D eigenvalue weighted by Crippen LogP contribution is 2.11. The lowest BCUT2D eigenvalue weighted by atomic mass is 10.3. The number of amides is 1. The molecule has 1 aromatic rings. The van der Waals surface area contributed by atoms with Gasteiger partial charge in [-0.15, -0.1) is 0 Å². The van der Waals surface area contributed by atoms with Crippen LogP contribution in [0.2, 0.25) is 0 Å². The minimum absolute atomic E-state index is 0.0940. The summed E-state index contributed by atoms with van der Waals surface area (Å²) in [5.74, 6) is -0.544. The van der Waals surface area contributed by atoms with Crippen LogP contribution in [0.5, 0.6) is 0 Å². The SMILES string of the molecule is CC(C)NC(=O)c1ccnn1C(F)F. The minimum atomic E-state index is -2.79. The van der Waals surface area contributed by atoms with Gasteiger partial charge >= 0.3 is 6.55 Å². The Morgan fingerprint density at radius 3 is 2.71 bits per heavy atom. The molecule has 1 heterocycles. The van der Waals surface area contributed by atoms with Gasteiger partial charge in [-0.2, -0.15) is 18.6 Å². The summed E-state index contributed by atoms with van der Waals surface area (Å²) < 4.78 is 24.9. The van der Waals surface area contributed by atoms with E-state index in [-0.39, 0.29) is 11.7 Å². The average molecular weight is 203 g/mol. The molecule has 1 N–H and O–H groups in total. The van der Waals surface area contributed by atoms with Crippen molar-refractivity contribution in [2.45, 2.75) is 26.4 Å². The van der Waals surface area contributed by atoms with E-state index in [2.05, 4.69) is 10.4 Å². The quantitative estimate of drug-likeness (QED) is 0.807. The van der Waals surface area contributed by atoms with Crippen molar-refractivity contribution in [1.82, 2.24) is 15.1 Å². The van der Waals surface area contributed by atoms with Gasteiger partial charge in [0.05, 0.1) is 0 Å². The standard InChI is InChI=1S/C8H11F2N3O/c1-5(2)12-7(14)6-3-4-11-13(6)8(9)10/h3-5,8H,1-2H3,(H,12,14). The van der Waals surface area contributed by atoms with Crippen LogP contribution in [0.1, 0.15) is 30.9 Å². The van der Waals surface area contributed by atoms with Crippen molar-refractivity contribution >= 4 is 5.91 Å². The Kier molecular flexibility index (Phi) is 3.16. The van der Waals surface area contributed by atoms with E-state index in [0.29, 0.717) is 4.68 Å². The molecule has 6 heteroatoms. The van der Waals surface area contributed by atoms with Crippen LogP contribution in [0.4, 0.5) is 8.78 Å². The number of nitrogens with zero attached hydrogens (tertiary/aromatic N) is 2. The van der Waals surface area contributed by atoms with E-state index in [4.69, 9.17) is 0 Å². The highest BCUT2D eigenvalue weighted by molar-refractivity contribution is 5.92. The molecule has 78 valence electrons. The molecule has 14 heavy (non-hydrogen) atoms. The van der Waals surface area contributed by atoms with Gasteiger partial charge in [0, 0.05) is 12.2 Å². The van der Waals surface area contributed by atoms with Gasteiger partial charge in [0.15, 0.2) is 0 Å². The van der Waals surface area contributed by atoms with E-state index in [9.17, 15) is 13.6 Å². The fourth-order valence-electron chi connectivity index (χ4n) is 0.986. The molecule has 0 aromatic carbocycles. The van der Waals surface area contributed by atoms with Gasteiger partial charge in [-0.25, -0.2) is 0 Å². The highest BCUT2D eigenvalue weighted by Gasteiger charge is 2.17. The molecule has 0 aliphatic heterocycles. The second-order valence-electron chi connectivity index (χ2n) is 3.07. The molecule has 0 fully saturated rings.